The molecule has 1 saturated heterocycles. The highest BCUT2D eigenvalue weighted by atomic mass is 16.5. The van der Waals surface area contributed by atoms with E-state index in [-0.39, 0.29) is 24.5 Å². The number of β-amino-alcohol motifs (C(OH)–C–C–N with tert-alkyl or cyclic N) is 1. The molecule has 172 valence electrons. The van der Waals surface area contributed by atoms with Crippen LogP contribution in [0.2, 0.25) is 0 Å². The van der Waals surface area contributed by atoms with Gasteiger partial charge in [-0.25, -0.2) is 4.79 Å². The highest BCUT2D eigenvalue weighted by Crippen LogP contribution is 2.34. The summed E-state index contributed by atoms with van der Waals surface area (Å²) in [6.07, 6.45) is -0.646. The Balaban J connectivity index is 1.71. The summed E-state index contributed by atoms with van der Waals surface area (Å²) in [7, 11) is 1.57. The molecule has 3 amide bonds. The molecule has 2 N–H and O–H groups in total. The summed E-state index contributed by atoms with van der Waals surface area (Å²) >= 11 is 0. The fourth-order valence-electron chi connectivity index (χ4n) is 3.97. The van der Waals surface area contributed by atoms with E-state index in [1.54, 1.807) is 31.4 Å². The molecule has 2 aromatic rings. The predicted octanol–water partition coefficient (Wildman–Crippen LogP) is 3.59. The standard InChI is InChI=1S/C25H32N2O5/c1-6-25(17-11-13-19(31-5)14-12-17)22(29)27(23(30)26-25)15-18(28)16-32-21-10-8-7-9-20(21)24(2,3)4/h7-14,18,28H,6,15-16H2,1-5H3,(H,26,30). The Morgan fingerprint density at radius 2 is 1.75 bits per heavy atom. The molecule has 0 radical (unpaired) electrons. The van der Waals surface area contributed by atoms with E-state index >= 15 is 0 Å². The molecular formula is C25H32N2O5. The number of para-hydroxylation sites is 1. The number of aliphatic hydroxyl groups excluding tert-OH is 1. The fourth-order valence-corrected chi connectivity index (χ4v) is 3.97. The Morgan fingerprint density at radius 1 is 1.09 bits per heavy atom. The minimum atomic E-state index is -1.16. The Morgan fingerprint density at radius 3 is 2.34 bits per heavy atom. The van der Waals surface area contributed by atoms with Gasteiger partial charge in [0, 0.05) is 0 Å². The molecule has 32 heavy (non-hydrogen) atoms. The second-order valence-electron chi connectivity index (χ2n) is 9.04. The molecule has 0 bridgehead atoms. The van der Waals surface area contributed by atoms with Crippen LogP contribution >= 0.6 is 0 Å². The van der Waals surface area contributed by atoms with Crippen LogP contribution in [-0.4, -0.2) is 48.3 Å². The Labute approximate surface area is 189 Å². The van der Waals surface area contributed by atoms with Gasteiger partial charge in [0.05, 0.1) is 13.7 Å². The van der Waals surface area contributed by atoms with Crippen molar-refractivity contribution in [3.63, 3.8) is 0 Å². The average Bonchev–Trinajstić information content (AvgIpc) is 3.02. The van der Waals surface area contributed by atoms with Crippen LogP contribution in [0.4, 0.5) is 4.79 Å². The van der Waals surface area contributed by atoms with Crippen LogP contribution < -0.4 is 14.8 Å². The van der Waals surface area contributed by atoms with Crippen molar-refractivity contribution in [3.8, 4) is 11.5 Å². The molecule has 3 rings (SSSR count). The highest BCUT2D eigenvalue weighted by Gasteiger charge is 2.51. The number of hydrogen-bond donors (Lipinski definition) is 2. The number of carbonyl (C=O) groups excluding carboxylic acids is 2. The average molecular weight is 441 g/mol. The Kier molecular flexibility index (Phi) is 6.79. The first-order valence-electron chi connectivity index (χ1n) is 10.8. The van der Waals surface area contributed by atoms with E-state index < -0.39 is 17.7 Å². The number of aliphatic hydroxyl groups is 1. The van der Waals surface area contributed by atoms with Crippen LogP contribution in [0.5, 0.6) is 11.5 Å². The fraction of sp³-hybridized carbons (Fsp3) is 0.440. The lowest BCUT2D eigenvalue weighted by molar-refractivity contribution is -0.132. The molecule has 0 aliphatic carbocycles. The first-order valence-corrected chi connectivity index (χ1v) is 10.8. The molecule has 1 fully saturated rings. The van der Waals surface area contributed by atoms with Gasteiger partial charge in [0.1, 0.15) is 29.7 Å². The number of carbonyl (C=O) groups is 2. The highest BCUT2D eigenvalue weighted by molar-refractivity contribution is 6.07. The van der Waals surface area contributed by atoms with Crippen molar-refractivity contribution in [2.24, 2.45) is 0 Å². The van der Waals surface area contributed by atoms with Crippen molar-refractivity contribution in [2.75, 3.05) is 20.3 Å². The third-order valence-corrected chi connectivity index (χ3v) is 5.81. The molecule has 0 saturated carbocycles. The smallest absolute Gasteiger partial charge is 0.325 e. The lowest BCUT2D eigenvalue weighted by Gasteiger charge is -2.26. The second-order valence-corrected chi connectivity index (χ2v) is 9.04. The van der Waals surface area contributed by atoms with Crippen LogP contribution in [0.3, 0.4) is 0 Å². The van der Waals surface area contributed by atoms with Gasteiger partial charge in [-0.05, 0) is 41.2 Å². The van der Waals surface area contributed by atoms with E-state index in [0.29, 0.717) is 23.5 Å². The van der Waals surface area contributed by atoms with Gasteiger partial charge < -0.3 is 19.9 Å². The minimum absolute atomic E-state index is 0.0359. The van der Waals surface area contributed by atoms with Crippen molar-refractivity contribution >= 4 is 11.9 Å². The first-order chi connectivity index (χ1) is 15.1. The summed E-state index contributed by atoms with van der Waals surface area (Å²) < 4.78 is 11.0. The summed E-state index contributed by atoms with van der Waals surface area (Å²) in [6.45, 7) is 7.91. The molecule has 1 aliphatic heterocycles. The maximum absolute atomic E-state index is 13.3. The molecular weight excluding hydrogens is 408 g/mol. The zero-order valence-corrected chi connectivity index (χ0v) is 19.3. The second kappa shape index (κ2) is 9.20. The number of amides is 3. The van der Waals surface area contributed by atoms with Gasteiger partial charge in [0.2, 0.25) is 0 Å². The summed E-state index contributed by atoms with van der Waals surface area (Å²) in [5.74, 6) is 0.957. The van der Waals surface area contributed by atoms with Gasteiger partial charge in [0.25, 0.3) is 5.91 Å². The largest absolute Gasteiger partial charge is 0.497 e. The lowest BCUT2D eigenvalue weighted by atomic mass is 9.86. The molecule has 7 heteroatoms. The third kappa shape index (κ3) is 4.58. The van der Waals surface area contributed by atoms with Crippen LogP contribution in [0, 0.1) is 0 Å². The summed E-state index contributed by atoms with van der Waals surface area (Å²) in [4.78, 5) is 27.0. The van der Waals surface area contributed by atoms with E-state index in [4.69, 9.17) is 9.47 Å². The maximum Gasteiger partial charge on any atom is 0.325 e. The number of hydrogen-bond acceptors (Lipinski definition) is 5. The SMILES string of the molecule is CCC1(c2ccc(OC)cc2)NC(=O)N(CC(O)COc2ccccc2C(C)(C)C)C1=O. The first kappa shape index (κ1) is 23.6. The lowest BCUT2D eigenvalue weighted by Crippen LogP contribution is -2.44. The summed E-state index contributed by atoms with van der Waals surface area (Å²) in [6, 6.07) is 14.2. The van der Waals surface area contributed by atoms with Gasteiger partial charge in [-0.2, -0.15) is 0 Å². The van der Waals surface area contributed by atoms with E-state index in [1.165, 1.54) is 0 Å². The molecule has 0 aromatic heterocycles. The number of nitrogens with zero attached hydrogens (tertiary/aromatic N) is 1. The number of ether oxygens (including phenoxy) is 2. The number of benzene rings is 2. The van der Waals surface area contributed by atoms with E-state index in [1.807, 2.05) is 31.2 Å². The van der Waals surface area contributed by atoms with Gasteiger partial charge in [-0.15, -0.1) is 0 Å². The quantitative estimate of drug-likeness (QED) is 0.613. The maximum atomic E-state index is 13.3. The van der Waals surface area contributed by atoms with Gasteiger partial charge in [0.15, 0.2) is 0 Å². The minimum Gasteiger partial charge on any atom is -0.497 e. The van der Waals surface area contributed by atoms with Crippen molar-refractivity contribution in [3.05, 3.63) is 59.7 Å². The molecule has 2 aromatic carbocycles. The molecule has 1 aliphatic rings. The Bertz CT molecular complexity index is 967. The zero-order chi connectivity index (χ0) is 23.5. The molecule has 2 atom stereocenters. The number of rotatable bonds is 8. The van der Waals surface area contributed by atoms with Crippen molar-refractivity contribution in [1.82, 2.24) is 10.2 Å². The predicted molar refractivity (Wildman–Crippen MR) is 122 cm³/mol. The van der Waals surface area contributed by atoms with Crippen molar-refractivity contribution < 1.29 is 24.2 Å². The zero-order valence-electron chi connectivity index (χ0n) is 19.3. The van der Waals surface area contributed by atoms with E-state index in [2.05, 4.69) is 26.1 Å². The van der Waals surface area contributed by atoms with Crippen molar-refractivity contribution in [2.45, 2.75) is 51.2 Å². The van der Waals surface area contributed by atoms with Gasteiger partial charge in [-0.3, -0.25) is 9.69 Å². The number of urea groups is 1. The Hall–Kier alpha value is -3.06. The molecule has 7 nitrogen and oxygen atoms in total. The summed E-state index contributed by atoms with van der Waals surface area (Å²) in [5.41, 5.74) is 0.409. The van der Waals surface area contributed by atoms with Crippen LogP contribution in [0.1, 0.15) is 45.2 Å². The van der Waals surface area contributed by atoms with E-state index in [9.17, 15) is 14.7 Å². The van der Waals surface area contributed by atoms with Crippen molar-refractivity contribution in [1.29, 1.82) is 0 Å². The van der Waals surface area contributed by atoms with E-state index in [0.717, 1.165) is 10.5 Å². The topological polar surface area (TPSA) is 88.1 Å². The van der Waals surface area contributed by atoms with Crippen LogP contribution in [-0.2, 0) is 15.7 Å². The number of nitrogens with one attached hydrogen (secondary N) is 1. The monoisotopic (exact) mass is 440 g/mol. The third-order valence-electron chi connectivity index (χ3n) is 5.81. The van der Waals surface area contributed by atoms with Crippen LogP contribution in [0.15, 0.2) is 48.5 Å². The summed E-state index contributed by atoms with van der Waals surface area (Å²) in [5, 5.41) is 13.4. The van der Waals surface area contributed by atoms with Crippen LogP contribution in [0.25, 0.3) is 0 Å². The van der Waals surface area contributed by atoms with Gasteiger partial charge >= 0.3 is 6.03 Å². The number of imide groups is 1. The molecule has 2 unspecified atom stereocenters. The normalized spacial score (nSPS) is 19.6. The number of methoxy groups -OCH3 is 1. The molecule has 1 heterocycles. The molecule has 0 spiro atoms. The van der Waals surface area contributed by atoms with Gasteiger partial charge in [-0.1, -0.05) is 58.0 Å².